The normalized spacial score (nSPS) is 12.5. The Hall–Kier alpha value is -3.33. The molecule has 1 atom stereocenters. The fourth-order valence-corrected chi connectivity index (χ4v) is 2.15. The number of aliphatic hydroxyl groups is 1. The molecule has 9 nitrogen and oxygen atoms in total. The van der Waals surface area contributed by atoms with Gasteiger partial charge in [0.2, 0.25) is 0 Å². The van der Waals surface area contributed by atoms with Crippen LogP contribution in [0, 0.1) is 26.1 Å². The van der Waals surface area contributed by atoms with Gasteiger partial charge in [0.05, 0.1) is 28.2 Å². The summed E-state index contributed by atoms with van der Waals surface area (Å²) in [6.45, 7) is 1.61. The predicted octanol–water partition coefficient (Wildman–Crippen LogP) is 2.95. The molecule has 0 fully saturated rings. The van der Waals surface area contributed by atoms with Crippen LogP contribution in [-0.2, 0) is 0 Å². The Morgan fingerprint density at radius 2 is 1.84 bits per heavy atom. The molecule has 2 rings (SSSR count). The maximum Gasteiger partial charge on any atom is 0.301 e. The second-order valence-corrected chi connectivity index (χ2v) is 5.27. The third-order valence-electron chi connectivity index (χ3n) is 3.50. The predicted molar refractivity (Wildman–Crippen MR) is 92.6 cm³/mol. The molecule has 0 amide bonds. The Balaban J connectivity index is 2.40. The molecule has 0 aliphatic rings. The van der Waals surface area contributed by atoms with Crippen molar-refractivity contribution in [3.8, 4) is 0 Å². The molecule has 2 N–H and O–H groups in total. The number of benzene rings is 2. The second kappa shape index (κ2) is 7.97. The van der Waals surface area contributed by atoms with Gasteiger partial charge in [-0.05, 0) is 11.6 Å². The number of nitro benzene ring substituents is 2. The fourth-order valence-electron chi connectivity index (χ4n) is 2.15. The van der Waals surface area contributed by atoms with E-state index >= 15 is 0 Å². The number of hydrogen-bond acceptors (Lipinski definition) is 7. The summed E-state index contributed by atoms with van der Waals surface area (Å²) in [6, 6.07) is 12.3. The lowest BCUT2D eigenvalue weighted by molar-refractivity contribution is -0.393. The molecule has 2 aromatic rings. The molecule has 0 saturated carbocycles. The van der Waals surface area contributed by atoms with Gasteiger partial charge in [0, 0.05) is 12.0 Å². The molecule has 2 aromatic carbocycles. The first-order chi connectivity index (χ1) is 11.9. The number of hydrazone groups is 1. The maximum absolute atomic E-state index is 11.2. The van der Waals surface area contributed by atoms with E-state index in [4.69, 9.17) is 0 Å². The standard InChI is InChI=1S/C16H16N4O5/c1-11(10-21)16(12-5-3-2-4-6-12)18-17-14-8-7-13(19(22)23)9-15(14)20(24)25/h2-9,11,17,21H,10H2,1H3/b18-16+/t11-/m1/s1. The second-order valence-electron chi connectivity index (χ2n) is 5.27. The Bertz CT molecular complexity index is 807. The van der Waals surface area contributed by atoms with Crippen LogP contribution in [0.3, 0.4) is 0 Å². The number of hydrogen-bond donors (Lipinski definition) is 2. The highest BCUT2D eigenvalue weighted by Gasteiger charge is 2.20. The molecule has 0 spiro atoms. The van der Waals surface area contributed by atoms with Gasteiger partial charge in [0.1, 0.15) is 5.69 Å². The number of nitrogens with one attached hydrogen (secondary N) is 1. The van der Waals surface area contributed by atoms with Crippen LogP contribution in [0.25, 0.3) is 0 Å². The number of rotatable bonds is 7. The molecular formula is C16H16N4O5. The van der Waals surface area contributed by atoms with Crippen molar-refractivity contribution in [3.63, 3.8) is 0 Å². The van der Waals surface area contributed by atoms with E-state index in [9.17, 15) is 25.3 Å². The molecule has 0 aromatic heterocycles. The van der Waals surface area contributed by atoms with Crippen LogP contribution in [0.2, 0.25) is 0 Å². The van der Waals surface area contributed by atoms with E-state index in [-0.39, 0.29) is 23.9 Å². The van der Waals surface area contributed by atoms with Crippen LogP contribution >= 0.6 is 0 Å². The molecule has 0 saturated heterocycles. The van der Waals surface area contributed by atoms with Gasteiger partial charge in [-0.25, -0.2) is 0 Å². The van der Waals surface area contributed by atoms with Crippen molar-refractivity contribution < 1.29 is 15.0 Å². The van der Waals surface area contributed by atoms with Crippen LogP contribution in [0.4, 0.5) is 17.1 Å². The monoisotopic (exact) mass is 344 g/mol. The van der Waals surface area contributed by atoms with Crippen molar-refractivity contribution in [1.29, 1.82) is 0 Å². The Morgan fingerprint density at radius 3 is 2.40 bits per heavy atom. The Morgan fingerprint density at radius 1 is 1.16 bits per heavy atom. The summed E-state index contributed by atoms with van der Waals surface area (Å²) in [4.78, 5) is 20.5. The van der Waals surface area contributed by atoms with Gasteiger partial charge in [0.25, 0.3) is 5.69 Å². The Labute approximate surface area is 142 Å². The van der Waals surface area contributed by atoms with E-state index < -0.39 is 15.5 Å². The summed E-state index contributed by atoms with van der Waals surface area (Å²) >= 11 is 0. The van der Waals surface area contributed by atoms with E-state index in [0.717, 1.165) is 17.7 Å². The lowest BCUT2D eigenvalue weighted by Gasteiger charge is -2.13. The van der Waals surface area contributed by atoms with Gasteiger partial charge in [0.15, 0.2) is 0 Å². The van der Waals surface area contributed by atoms with Gasteiger partial charge in [-0.15, -0.1) is 0 Å². The minimum absolute atomic E-state index is 0.0224. The smallest absolute Gasteiger partial charge is 0.301 e. The number of non-ortho nitro benzene ring substituents is 1. The van der Waals surface area contributed by atoms with Gasteiger partial charge < -0.3 is 5.11 Å². The maximum atomic E-state index is 11.2. The number of nitro groups is 2. The van der Waals surface area contributed by atoms with Crippen LogP contribution in [-0.4, -0.2) is 27.3 Å². The van der Waals surface area contributed by atoms with Crippen molar-refractivity contribution >= 4 is 22.8 Å². The zero-order chi connectivity index (χ0) is 18.4. The minimum Gasteiger partial charge on any atom is -0.396 e. The van der Waals surface area contributed by atoms with Crippen LogP contribution in [0.1, 0.15) is 12.5 Å². The first-order valence-corrected chi connectivity index (χ1v) is 7.36. The zero-order valence-corrected chi connectivity index (χ0v) is 13.3. The highest BCUT2D eigenvalue weighted by Crippen LogP contribution is 2.29. The zero-order valence-electron chi connectivity index (χ0n) is 13.3. The summed E-state index contributed by atoms with van der Waals surface area (Å²) in [7, 11) is 0. The highest BCUT2D eigenvalue weighted by atomic mass is 16.6. The third kappa shape index (κ3) is 4.36. The number of anilines is 1. The van der Waals surface area contributed by atoms with Crippen molar-refractivity contribution in [2.24, 2.45) is 11.0 Å². The van der Waals surface area contributed by atoms with Gasteiger partial charge in [-0.3, -0.25) is 25.7 Å². The van der Waals surface area contributed by atoms with Crippen molar-refractivity contribution in [1.82, 2.24) is 0 Å². The summed E-state index contributed by atoms with van der Waals surface area (Å²) in [6.07, 6.45) is 0. The van der Waals surface area contributed by atoms with Gasteiger partial charge >= 0.3 is 5.69 Å². The van der Waals surface area contributed by atoms with E-state index in [2.05, 4.69) is 10.5 Å². The van der Waals surface area contributed by atoms with E-state index in [1.807, 2.05) is 18.2 Å². The van der Waals surface area contributed by atoms with E-state index in [1.54, 1.807) is 19.1 Å². The minimum atomic E-state index is -0.720. The topological polar surface area (TPSA) is 131 Å². The molecule has 0 aliphatic carbocycles. The summed E-state index contributed by atoms with van der Waals surface area (Å²) in [5.74, 6) is -0.313. The van der Waals surface area contributed by atoms with Crippen molar-refractivity contribution in [3.05, 3.63) is 74.3 Å². The lowest BCUT2D eigenvalue weighted by Crippen LogP contribution is -2.18. The van der Waals surface area contributed by atoms with Crippen molar-refractivity contribution in [2.75, 3.05) is 12.0 Å². The fraction of sp³-hybridized carbons (Fsp3) is 0.188. The summed E-state index contributed by atoms with van der Waals surface area (Å²) in [5.41, 5.74) is 3.03. The third-order valence-corrected chi connectivity index (χ3v) is 3.50. The van der Waals surface area contributed by atoms with Crippen LogP contribution in [0.15, 0.2) is 53.6 Å². The molecule has 0 heterocycles. The van der Waals surface area contributed by atoms with Crippen LogP contribution in [0.5, 0.6) is 0 Å². The first-order valence-electron chi connectivity index (χ1n) is 7.36. The molecule has 9 heteroatoms. The lowest BCUT2D eigenvalue weighted by atomic mass is 9.99. The highest BCUT2D eigenvalue weighted by molar-refractivity contribution is 6.02. The molecular weight excluding hydrogens is 328 g/mol. The number of nitrogens with zero attached hydrogens (tertiary/aromatic N) is 3. The van der Waals surface area contributed by atoms with E-state index in [1.165, 1.54) is 6.07 Å². The first kappa shape index (κ1) is 18.0. The van der Waals surface area contributed by atoms with E-state index in [0.29, 0.717) is 5.71 Å². The summed E-state index contributed by atoms with van der Waals surface area (Å²) in [5, 5.41) is 35.5. The van der Waals surface area contributed by atoms with Gasteiger partial charge in [-0.2, -0.15) is 5.10 Å². The SMILES string of the molecule is C[C@H](CO)/C(=N\Nc1ccc([N+](=O)[O-])cc1[N+](=O)[O-])c1ccccc1. The molecule has 25 heavy (non-hydrogen) atoms. The Kier molecular flexibility index (Phi) is 5.75. The molecule has 0 radical (unpaired) electrons. The van der Waals surface area contributed by atoms with Gasteiger partial charge in [-0.1, -0.05) is 37.3 Å². The largest absolute Gasteiger partial charge is 0.396 e. The molecule has 0 bridgehead atoms. The molecule has 130 valence electrons. The molecule has 0 unspecified atom stereocenters. The van der Waals surface area contributed by atoms with Crippen LogP contribution < -0.4 is 5.43 Å². The summed E-state index contributed by atoms with van der Waals surface area (Å²) < 4.78 is 0. The average Bonchev–Trinajstić information content (AvgIpc) is 2.62. The quantitative estimate of drug-likeness (QED) is 0.451. The average molecular weight is 344 g/mol. The molecule has 0 aliphatic heterocycles. The van der Waals surface area contributed by atoms with Crippen molar-refractivity contribution in [2.45, 2.75) is 6.92 Å². The number of aliphatic hydroxyl groups excluding tert-OH is 1.